The summed E-state index contributed by atoms with van der Waals surface area (Å²) in [4.78, 5) is 57.8. The van der Waals surface area contributed by atoms with Crippen LogP contribution in [0.3, 0.4) is 0 Å². The van der Waals surface area contributed by atoms with E-state index in [1.165, 1.54) is 18.5 Å². The molecule has 2 amide bonds. The van der Waals surface area contributed by atoms with E-state index in [9.17, 15) is 14.0 Å². The molecule has 0 bridgehead atoms. The van der Waals surface area contributed by atoms with Gasteiger partial charge in [0.1, 0.15) is 11.4 Å². The van der Waals surface area contributed by atoms with Gasteiger partial charge >= 0.3 is 0 Å². The maximum atomic E-state index is 14.3. The number of anilines is 2. The average molecular weight is 687 g/mol. The Kier molecular flexibility index (Phi) is 9.47. The van der Waals surface area contributed by atoms with Gasteiger partial charge in [0.05, 0.1) is 35.0 Å². The Morgan fingerprint density at radius 3 is 1.48 bits per heavy atom. The number of carbonyl (C=O) groups is 2. The lowest BCUT2D eigenvalue weighted by Crippen LogP contribution is -2.15. The zero-order valence-electron chi connectivity index (χ0n) is 26.4. The lowest BCUT2D eigenvalue weighted by Gasteiger charge is -2.12. The minimum Gasteiger partial charge on any atom is -0.309 e. The minimum absolute atomic E-state index is 0.0160. The zero-order valence-corrected chi connectivity index (χ0v) is 27.1. The number of rotatable bonds is 8. The van der Waals surface area contributed by atoms with Crippen LogP contribution >= 0.6 is 11.6 Å². The van der Waals surface area contributed by atoms with E-state index in [1.54, 1.807) is 61.6 Å². The number of nitrogens with one attached hydrogen (secondary N) is 2. The molecule has 2 aliphatic rings. The second-order valence-electron chi connectivity index (χ2n) is 11.6. The molecule has 2 N–H and O–H groups in total. The van der Waals surface area contributed by atoms with E-state index in [0.717, 1.165) is 43.0 Å². The van der Waals surface area contributed by atoms with Gasteiger partial charge in [-0.15, -0.1) is 0 Å². The molecule has 0 aromatic carbocycles. The van der Waals surface area contributed by atoms with E-state index in [-0.39, 0.29) is 29.2 Å². The summed E-state index contributed by atoms with van der Waals surface area (Å²) in [6.45, 7) is 0. The molecule has 2 saturated carbocycles. The van der Waals surface area contributed by atoms with Gasteiger partial charge in [-0.1, -0.05) is 11.6 Å². The third-order valence-electron chi connectivity index (χ3n) is 7.91. The number of aromatic nitrogens is 8. The summed E-state index contributed by atoms with van der Waals surface area (Å²) < 4.78 is 14.3. The molecule has 248 valence electrons. The summed E-state index contributed by atoms with van der Waals surface area (Å²) >= 11 is 6.31. The Balaban J connectivity index is 0.000000157. The second kappa shape index (κ2) is 14.6. The molecule has 0 unspecified atom stereocenters. The highest BCUT2D eigenvalue weighted by molar-refractivity contribution is 6.33. The molecular weight excluding hydrogens is 659 g/mol. The zero-order chi connectivity index (χ0) is 34.5. The van der Waals surface area contributed by atoms with Crippen molar-refractivity contribution in [2.75, 3.05) is 10.6 Å². The SMILES string of the molecule is O=C(Nc1cnc(-c2ccncc2)c(-c2ccncc2Cl)n1)C1CC1.O=C(Nc1cnc(-c2ccncc2)c(-c2ccncc2F)n1)C1CC1. The molecule has 0 aliphatic heterocycles. The molecular formula is C36H28ClFN10O2. The smallest absolute Gasteiger partial charge is 0.228 e. The molecule has 6 heterocycles. The number of hydrogen-bond donors (Lipinski definition) is 2. The number of nitrogens with zero attached hydrogens (tertiary/aromatic N) is 8. The molecule has 14 heteroatoms. The van der Waals surface area contributed by atoms with Crippen molar-refractivity contribution in [3.05, 3.63) is 109 Å². The molecule has 8 rings (SSSR count). The summed E-state index contributed by atoms with van der Waals surface area (Å²) in [7, 11) is 0. The van der Waals surface area contributed by atoms with Gasteiger partial charge in [0.25, 0.3) is 0 Å². The molecule has 2 aliphatic carbocycles. The van der Waals surface area contributed by atoms with Crippen molar-refractivity contribution in [2.45, 2.75) is 25.7 Å². The lowest BCUT2D eigenvalue weighted by molar-refractivity contribution is -0.118. The summed E-state index contributed by atoms with van der Waals surface area (Å²) in [6, 6.07) is 10.6. The second-order valence-corrected chi connectivity index (χ2v) is 12.0. The molecule has 0 radical (unpaired) electrons. The average Bonchev–Trinajstić information content (AvgIpc) is 4.07. The molecule has 6 aromatic rings. The van der Waals surface area contributed by atoms with Crippen molar-refractivity contribution in [1.82, 2.24) is 39.9 Å². The van der Waals surface area contributed by atoms with Crippen LogP contribution in [0.1, 0.15) is 25.7 Å². The van der Waals surface area contributed by atoms with Gasteiger partial charge in [0.2, 0.25) is 11.8 Å². The molecule has 0 saturated heterocycles. The number of hydrogen-bond acceptors (Lipinski definition) is 10. The fourth-order valence-corrected chi connectivity index (χ4v) is 5.21. The molecule has 2 fully saturated rings. The van der Waals surface area contributed by atoms with Gasteiger partial charge in [0, 0.05) is 77.5 Å². The van der Waals surface area contributed by atoms with Gasteiger partial charge < -0.3 is 10.6 Å². The van der Waals surface area contributed by atoms with E-state index < -0.39 is 5.82 Å². The first-order valence-electron chi connectivity index (χ1n) is 15.8. The van der Waals surface area contributed by atoms with Crippen LogP contribution in [0.5, 0.6) is 0 Å². The topological polar surface area (TPSA) is 161 Å². The standard InChI is InChI=1S/C18H14ClN5O.C18H14FN5O/c2*19-14-9-21-8-5-13(14)17-16(11-3-6-20-7-4-11)22-10-15(23-17)24-18(25)12-1-2-12/h2*3-10,12H,1-2H2,(H,23,24,25). The molecule has 12 nitrogen and oxygen atoms in total. The van der Waals surface area contributed by atoms with Crippen molar-refractivity contribution >= 4 is 35.1 Å². The van der Waals surface area contributed by atoms with Crippen LogP contribution in [-0.2, 0) is 9.59 Å². The number of amides is 2. The van der Waals surface area contributed by atoms with Crippen LogP contribution in [0, 0.1) is 17.7 Å². The fraction of sp³-hybridized carbons (Fsp3) is 0.167. The minimum atomic E-state index is -0.502. The van der Waals surface area contributed by atoms with Gasteiger partial charge in [-0.2, -0.15) is 0 Å². The van der Waals surface area contributed by atoms with Crippen LogP contribution < -0.4 is 10.6 Å². The summed E-state index contributed by atoms with van der Waals surface area (Å²) in [5.74, 6) is 0.263. The van der Waals surface area contributed by atoms with Gasteiger partial charge in [0.15, 0.2) is 17.5 Å². The van der Waals surface area contributed by atoms with Crippen molar-refractivity contribution in [1.29, 1.82) is 0 Å². The maximum absolute atomic E-state index is 14.3. The van der Waals surface area contributed by atoms with E-state index in [0.29, 0.717) is 45.0 Å². The van der Waals surface area contributed by atoms with Crippen LogP contribution in [0.4, 0.5) is 16.0 Å². The quantitative estimate of drug-likeness (QED) is 0.176. The van der Waals surface area contributed by atoms with Gasteiger partial charge in [-0.3, -0.25) is 39.5 Å². The van der Waals surface area contributed by atoms with E-state index in [4.69, 9.17) is 11.6 Å². The predicted octanol–water partition coefficient (Wildman–Crippen LogP) is 6.69. The van der Waals surface area contributed by atoms with Crippen LogP contribution in [-0.4, -0.2) is 51.7 Å². The Bertz CT molecular complexity index is 2010. The van der Waals surface area contributed by atoms with Gasteiger partial charge in [-0.05, 0) is 62.1 Å². The Hall–Kier alpha value is -6.08. The first-order chi connectivity index (χ1) is 24.4. The third kappa shape index (κ3) is 7.63. The predicted molar refractivity (Wildman–Crippen MR) is 185 cm³/mol. The van der Waals surface area contributed by atoms with Crippen molar-refractivity contribution in [3.63, 3.8) is 0 Å². The lowest BCUT2D eigenvalue weighted by atomic mass is 10.1. The highest BCUT2D eigenvalue weighted by Gasteiger charge is 2.31. The normalized spacial score (nSPS) is 13.5. The van der Waals surface area contributed by atoms with E-state index in [1.807, 2.05) is 12.1 Å². The number of carbonyl (C=O) groups excluding carboxylic acids is 2. The van der Waals surface area contributed by atoms with Crippen molar-refractivity contribution in [2.24, 2.45) is 11.8 Å². The molecule has 6 aromatic heterocycles. The summed E-state index contributed by atoms with van der Waals surface area (Å²) in [5.41, 5.74) is 4.72. The monoisotopic (exact) mass is 686 g/mol. The van der Waals surface area contributed by atoms with Crippen LogP contribution in [0.15, 0.2) is 98.4 Å². The van der Waals surface area contributed by atoms with Crippen LogP contribution in [0.25, 0.3) is 45.0 Å². The molecule has 50 heavy (non-hydrogen) atoms. The largest absolute Gasteiger partial charge is 0.309 e. The first kappa shape index (κ1) is 32.5. The fourth-order valence-electron chi connectivity index (χ4n) is 5.00. The highest BCUT2D eigenvalue weighted by atomic mass is 35.5. The highest BCUT2D eigenvalue weighted by Crippen LogP contribution is 2.35. The van der Waals surface area contributed by atoms with Crippen molar-refractivity contribution < 1.29 is 14.0 Å². The maximum Gasteiger partial charge on any atom is 0.228 e. The van der Waals surface area contributed by atoms with E-state index >= 15 is 0 Å². The first-order valence-corrected chi connectivity index (χ1v) is 16.2. The Morgan fingerprint density at radius 2 is 1.02 bits per heavy atom. The van der Waals surface area contributed by atoms with Crippen LogP contribution in [0.2, 0.25) is 5.02 Å². The van der Waals surface area contributed by atoms with E-state index in [2.05, 4.69) is 50.5 Å². The number of pyridine rings is 4. The molecule has 0 atom stereocenters. The van der Waals surface area contributed by atoms with Crippen molar-refractivity contribution in [3.8, 4) is 45.0 Å². The van der Waals surface area contributed by atoms with Gasteiger partial charge in [-0.25, -0.2) is 14.4 Å². The number of halogens is 2. The summed E-state index contributed by atoms with van der Waals surface area (Å²) in [6.07, 6.45) is 19.2. The summed E-state index contributed by atoms with van der Waals surface area (Å²) in [5, 5.41) is 6.05. The third-order valence-corrected chi connectivity index (χ3v) is 8.21. The Morgan fingerprint density at radius 1 is 0.580 bits per heavy atom. The molecule has 0 spiro atoms. The Labute approximate surface area is 290 Å².